The fraction of sp³-hybridized carbons (Fsp3) is 0.400. The Bertz CT molecular complexity index is 1150. The maximum absolute atomic E-state index is 13.2. The van der Waals surface area contributed by atoms with Crippen LogP contribution in [-0.4, -0.2) is 54.5 Å². The van der Waals surface area contributed by atoms with Gasteiger partial charge in [-0.2, -0.15) is 0 Å². The van der Waals surface area contributed by atoms with E-state index in [4.69, 9.17) is 0 Å². The number of nitrogens with one attached hydrogen (secondary N) is 1. The second-order valence-corrected chi connectivity index (χ2v) is 10.6. The van der Waals surface area contributed by atoms with E-state index in [1.165, 1.54) is 17.0 Å². The van der Waals surface area contributed by atoms with Crippen LogP contribution in [0.2, 0.25) is 0 Å². The molecule has 1 atom stereocenters. The zero-order valence-electron chi connectivity index (χ0n) is 19.7. The molecular formula is C25H31N3O5S. The van der Waals surface area contributed by atoms with Gasteiger partial charge in [-0.25, -0.2) is 12.7 Å². The van der Waals surface area contributed by atoms with Crippen LogP contribution in [-0.2, 0) is 26.2 Å². The summed E-state index contributed by atoms with van der Waals surface area (Å²) in [6.07, 6.45) is 0.160. The zero-order valence-corrected chi connectivity index (χ0v) is 20.5. The maximum Gasteiger partial charge on any atom is 0.269 e. The maximum atomic E-state index is 13.2. The number of carbonyl (C=O) groups is 3. The van der Waals surface area contributed by atoms with Gasteiger partial charge in [-0.1, -0.05) is 56.3 Å². The van der Waals surface area contributed by atoms with Crippen LogP contribution >= 0.6 is 0 Å². The molecule has 3 rings (SSSR count). The van der Waals surface area contributed by atoms with Crippen LogP contribution in [0.1, 0.15) is 49.5 Å². The Morgan fingerprint density at radius 2 is 1.65 bits per heavy atom. The lowest BCUT2D eigenvalue weighted by molar-refractivity contribution is -0.140. The summed E-state index contributed by atoms with van der Waals surface area (Å²) in [5, 5.41) is 2.87. The average Bonchev–Trinajstić information content (AvgIpc) is 3.01. The van der Waals surface area contributed by atoms with E-state index in [0.29, 0.717) is 6.54 Å². The van der Waals surface area contributed by atoms with Crippen LogP contribution < -0.4 is 5.32 Å². The van der Waals surface area contributed by atoms with Crippen molar-refractivity contribution in [3.8, 4) is 0 Å². The summed E-state index contributed by atoms with van der Waals surface area (Å²) in [7, 11) is -3.91. The van der Waals surface area contributed by atoms with Gasteiger partial charge in [0.2, 0.25) is 11.8 Å². The smallest absolute Gasteiger partial charge is 0.269 e. The molecule has 8 nitrogen and oxygen atoms in total. The topological polar surface area (TPSA) is 104 Å². The minimum absolute atomic E-state index is 0.00425. The molecule has 3 amide bonds. The monoisotopic (exact) mass is 485 g/mol. The lowest BCUT2D eigenvalue weighted by atomic mass is 10.1. The number of rotatable bonds is 10. The van der Waals surface area contributed by atoms with Crippen molar-refractivity contribution in [2.24, 2.45) is 5.92 Å². The molecule has 0 bridgehead atoms. The van der Waals surface area contributed by atoms with Crippen molar-refractivity contribution in [2.75, 3.05) is 13.1 Å². The first kappa shape index (κ1) is 25.4. The van der Waals surface area contributed by atoms with Gasteiger partial charge in [0, 0.05) is 26.1 Å². The van der Waals surface area contributed by atoms with Crippen molar-refractivity contribution in [3.05, 3.63) is 65.7 Å². The van der Waals surface area contributed by atoms with Crippen LogP contribution in [0.25, 0.3) is 0 Å². The Kier molecular flexibility index (Phi) is 8.09. The molecular weight excluding hydrogens is 454 g/mol. The Balaban J connectivity index is 1.68. The standard InChI is InChI=1S/C25H31N3O5S/c1-18(2)16-26-24(30)19(3)27(17-20-10-5-4-6-11-20)23(29)14-9-15-28-25(31)21-12-7-8-13-22(21)34(28,32)33/h4-8,10-13,18-19H,9,14-17H2,1-3H3,(H,26,30)/t19-/m1/s1. The van der Waals surface area contributed by atoms with E-state index in [0.717, 1.165) is 9.87 Å². The van der Waals surface area contributed by atoms with Gasteiger partial charge in [0.15, 0.2) is 0 Å². The van der Waals surface area contributed by atoms with E-state index in [9.17, 15) is 22.8 Å². The number of fused-ring (bicyclic) bond motifs is 1. The third kappa shape index (κ3) is 5.64. The Labute approximate surface area is 201 Å². The molecule has 1 heterocycles. The number of benzene rings is 2. The molecule has 1 aliphatic heterocycles. The molecule has 1 N–H and O–H groups in total. The highest BCUT2D eigenvalue weighted by Gasteiger charge is 2.40. The molecule has 0 fully saturated rings. The number of hydrogen-bond donors (Lipinski definition) is 1. The van der Waals surface area contributed by atoms with E-state index in [1.807, 2.05) is 44.2 Å². The molecule has 34 heavy (non-hydrogen) atoms. The fourth-order valence-corrected chi connectivity index (χ4v) is 5.39. The minimum atomic E-state index is -3.91. The molecule has 0 unspecified atom stereocenters. The predicted octanol–water partition coefficient (Wildman–Crippen LogP) is 2.80. The molecule has 1 aliphatic rings. The van der Waals surface area contributed by atoms with E-state index in [2.05, 4.69) is 5.32 Å². The number of hydrogen-bond acceptors (Lipinski definition) is 5. The second-order valence-electron chi connectivity index (χ2n) is 8.80. The lowest BCUT2D eigenvalue weighted by Crippen LogP contribution is -2.48. The molecule has 9 heteroatoms. The molecule has 0 saturated heterocycles. The van der Waals surface area contributed by atoms with Crippen molar-refractivity contribution < 1.29 is 22.8 Å². The number of sulfonamides is 1. The van der Waals surface area contributed by atoms with E-state index < -0.39 is 22.0 Å². The van der Waals surface area contributed by atoms with Gasteiger partial charge in [0.05, 0.1) is 5.56 Å². The van der Waals surface area contributed by atoms with E-state index in [-0.39, 0.29) is 54.1 Å². The summed E-state index contributed by atoms with van der Waals surface area (Å²) in [5.74, 6) is -0.826. The van der Waals surface area contributed by atoms with Crippen molar-refractivity contribution in [1.29, 1.82) is 0 Å². The van der Waals surface area contributed by atoms with Crippen LogP contribution in [0.4, 0.5) is 0 Å². The summed E-state index contributed by atoms with van der Waals surface area (Å²) in [4.78, 5) is 39.9. The van der Waals surface area contributed by atoms with Gasteiger partial charge >= 0.3 is 0 Å². The highest BCUT2D eigenvalue weighted by molar-refractivity contribution is 7.90. The third-order valence-electron chi connectivity index (χ3n) is 5.71. The number of nitrogens with zero attached hydrogens (tertiary/aromatic N) is 2. The molecule has 2 aromatic rings. The van der Waals surface area contributed by atoms with E-state index >= 15 is 0 Å². The average molecular weight is 486 g/mol. The zero-order chi connectivity index (χ0) is 24.9. The van der Waals surface area contributed by atoms with Crippen LogP contribution in [0, 0.1) is 5.92 Å². The second kappa shape index (κ2) is 10.8. The summed E-state index contributed by atoms with van der Waals surface area (Å²) in [6, 6.07) is 14.7. The first-order chi connectivity index (χ1) is 16.1. The largest absolute Gasteiger partial charge is 0.354 e. The Hall–Kier alpha value is -3.20. The minimum Gasteiger partial charge on any atom is -0.354 e. The number of carbonyl (C=O) groups excluding carboxylic acids is 3. The normalized spacial score (nSPS) is 15.2. The molecule has 0 radical (unpaired) electrons. The predicted molar refractivity (Wildman–Crippen MR) is 128 cm³/mol. The van der Waals surface area contributed by atoms with Gasteiger partial charge in [-0.3, -0.25) is 14.4 Å². The highest BCUT2D eigenvalue weighted by atomic mass is 32.2. The Morgan fingerprint density at radius 1 is 1.00 bits per heavy atom. The molecule has 0 saturated carbocycles. The Morgan fingerprint density at radius 3 is 2.29 bits per heavy atom. The lowest BCUT2D eigenvalue weighted by Gasteiger charge is -2.29. The summed E-state index contributed by atoms with van der Waals surface area (Å²) >= 11 is 0. The summed E-state index contributed by atoms with van der Waals surface area (Å²) in [6.45, 7) is 6.32. The summed E-state index contributed by atoms with van der Waals surface area (Å²) < 4.78 is 26.3. The highest BCUT2D eigenvalue weighted by Crippen LogP contribution is 2.30. The van der Waals surface area contributed by atoms with Gasteiger partial charge in [0.1, 0.15) is 10.9 Å². The van der Waals surface area contributed by atoms with Crippen LogP contribution in [0.3, 0.4) is 0 Å². The molecule has 0 spiro atoms. The van der Waals surface area contributed by atoms with Gasteiger partial charge in [-0.15, -0.1) is 0 Å². The van der Waals surface area contributed by atoms with Gasteiger partial charge in [0.25, 0.3) is 15.9 Å². The van der Waals surface area contributed by atoms with Crippen LogP contribution in [0.5, 0.6) is 0 Å². The van der Waals surface area contributed by atoms with Crippen LogP contribution in [0.15, 0.2) is 59.5 Å². The van der Waals surface area contributed by atoms with Gasteiger partial charge in [-0.05, 0) is 37.0 Å². The first-order valence-electron chi connectivity index (χ1n) is 11.4. The van der Waals surface area contributed by atoms with Crippen molar-refractivity contribution in [2.45, 2.75) is 51.1 Å². The number of amides is 3. The van der Waals surface area contributed by atoms with Crippen molar-refractivity contribution in [1.82, 2.24) is 14.5 Å². The summed E-state index contributed by atoms with van der Waals surface area (Å²) in [5.41, 5.74) is 1.03. The third-order valence-corrected chi connectivity index (χ3v) is 7.55. The van der Waals surface area contributed by atoms with E-state index in [1.54, 1.807) is 19.1 Å². The first-order valence-corrected chi connectivity index (χ1v) is 12.8. The molecule has 0 aliphatic carbocycles. The van der Waals surface area contributed by atoms with Gasteiger partial charge < -0.3 is 10.2 Å². The molecule has 0 aromatic heterocycles. The molecule has 2 aromatic carbocycles. The molecule has 182 valence electrons. The van der Waals surface area contributed by atoms with Crippen molar-refractivity contribution in [3.63, 3.8) is 0 Å². The fourth-order valence-electron chi connectivity index (χ4n) is 3.78. The quantitative estimate of drug-likeness (QED) is 0.557. The van der Waals surface area contributed by atoms with Crippen molar-refractivity contribution >= 4 is 27.7 Å². The SMILES string of the molecule is CC(C)CNC(=O)[C@@H](C)N(Cc1ccccc1)C(=O)CCCN1C(=O)c2ccccc2S1(=O)=O.